The van der Waals surface area contributed by atoms with Crippen LogP contribution in [0.2, 0.25) is 0 Å². The Labute approximate surface area is 200 Å². The van der Waals surface area contributed by atoms with Crippen LogP contribution in [-0.2, 0) is 26.0 Å². The highest BCUT2D eigenvalue weighted by molar-refractivity contribution is 7.92. The van der Waals surface area contributed by atoms with Crippen molar-refractivity contribution in [1.82, 2.24) is 5.32 Å². The summed E-state index contributed by atoms with van der Waals surface area (Å²) in [6.45, 7) is 2.09. The van der Waals surface area contributed by atoms with E-state index >= 15 is 0 Å². The fourth-order valence-corrected chi connectivity index (χ4v) is 6.10. The van der Waals surface area contributed by atoms with Gasteiger partial charge in [0.1, 0.15) is 11.3 Å². The summed E-state index contributed by atoms with van der Waals surface area (Å²) in [6.07, 6.45) is 4.56. The molecule has 0 saturated heterocycles. The molecule has 0 spiro atoms. The number of methoxy groups -OCH3 is 1. The maximum atomic E-state index is 13.4. The van der Waals surface area contributed by atoms with Crippen LogP contribution in [0.15, 0.2) is 47.4 Å². The van der Waals surface area contributed by atoms with E-state index in [1.165, 1.54) is 29.6 Å². The lowest BCUT2D eigenvalue weighted by Crippen LogP contribution is -2.39. The topological polar surface area (TPSA) is 102 Å². The first kappa shape index (κ1) is 24.1. The first-order valence-corrected chi connectivity index (χ1v) is 13.0. The van der Waals surface area contributed by atoms with Crippen LogP contribution in [0.1, 0.15) is 48.5 Å². The second-order valence-corrected chi connectivity index (χ2v) is 10.8. The quantitative estimate of drug-likeness (QED) is 0.603. The number of hydrogen-bond donors (Lipinski definition) is 1. The molecule has 0 aromatic heterocycles. The van der Waals surface area contributed by atoms with Crippen LogP contribution in [0.5, 0.6) is 5.75 Å². The highest BCUT2D eigenvalue weighted by Crippen LogP contribution is 2.34. The summed E-state index contributed by atoms with van der Waals surface area (Å²) in [6, 6.07) is 11.5. The Kier molecular flexibility index (Phi) is 7.11. The van der Waals surface area contributed by atoms with Crippen LogP contribution in [0.3, 0.4) is 0 Å². The second-order valence-electron chi connectivity index (χ2n) is 8.92. The van der Waals surface area contributed by atoms with Crippen LogP contribution in [-0.4, -0.2) is 46.6 Å². The predicted molar refractivity (Wildman–Crippen MR) is 128 cm³/mol. The lowest BCUT2D eigenvalue weighted by molar-refractivity contribution is -0.125. The first-order valence-electron chi connectivity index (χ1n) is 11.5. The molecule has 0 atom stereocenters. The third kappa shape index (κ3) is 5.04. The monoisotopic (exact) mass is 486 g/mol. The molecule has 1 amide bonds. The largest absolute Gasteiger partial charge is 0.496 e. The van der Waals surface area contributed by atoms with Gasteiger partial charge in [0.25, 0.3) is 15.9 Å². The molecule has 2 aromatic rings. The van der Waals surface area contributed by atoms with Crippen LogP contribution < -0.4 is 14.4 Å². The van der Waals surface area contributed by atoms with E-state index in [2.05, 4.69) is 12.2 Å². The second kappa shape index (κ2) is 10.0. The molecule has 1 saturated carbocycles. The van der Waals surface area contributed by atoms with Gasteiger partial charge in [0.05, 0.1) is 17.7 Å². The van der Waals surface area contributed by atoms with E-state index in [1.807, 2.05) is 12.1 Å². The van der Waals surface area contributed by atoms with Gasteiger partial charge in [-0.05, 0) is 67.9 Å². The number of nitrogens with one attached hydrogen (secondary N) is 1. The van der Waals surface area contributed by atoms with Gasteiger partial charge in [0.2, 0.25) is 0 Å². The number of anilines is 1. The number of esters is 1. The molecule has 34 heavy (non-hydrogen) atoms. The lowest BCUT2D eigenvalue weighted by Gasteiger charge is -2.26. The maximum Gasteiger partial charge on any atom is 0.342 e. The molecule has 0 unspecified atom stereocenters. The minimum atomic E-state index is -3.90. The van der Waals surface area contributed by atoms with Gasteiger partial charge in [0, 0.05) is 12.6 Å². The van der Waals surface area contributed by atoms with Gasteiger partial charge in [0.15, 0.2) is 6.61 Å². The Morgan fingerprint density at radius 3 is 2.56 bits per heavy atom. The van der Waals surface area contributed by atoms with Crippen molar-refractivity contribution >= 4 is 27.6 Å². The maximum absolute atomic E-state index is 13.4. The van der Waals surface area contributed by atoms with Gasteiger partial charge in [-0.1, -0.05) is 25.1 Å². The Hall–Kier alpha value is -3.07. The number of amides is 1. The summed E-state index contributed by atoms with van der Waals surface area (Å²) in [7, 11) is -2.51. The number of benzene rings is 2. The normalized spacial score (nSPS) is 19.9. The smallest absolute Gasteiger partial charge is 0.342 e. The van der Waals surface area contributed by atoms with Crippen LogP contribution >= 0.6 is 0 Å². The Bertz CT molecular complexity index is 1170. The van der Waals surface area contributed by atoms with Crippen LogP contribution in [0.4, 0.5) is 5.69 Å². The third-order valence-corrected chi connectivity index (χ3v) is 8.35. The number of para-hydroxylation sites is 1. The summed E-state index contributed by atoms with van der Waals surface area (Å²) in [4.78, 5) is 25.0. The van der Waals surface area contributed by atoms with Crippen molar-refractivity contribution < 1.29 is 27.5 Å². The van der Waals surface area contributed by atoms with Gasteiger partial charge in [-0.2, -0.15) is 0 Å². The lowest BCUT2D eigenvalue weighted by atomic mass is 9.87. The zero-order valence-electron chi connectivity index (χ0n) is 19.5. The van der Waals surface area contributed by atoms with Gasteiger partial charge in [-0.15, -0.1) is 0 Å². The summed E-state index contributed by atoms with van der Waals surface area (Å²) in [5.41, 5.74) is 1.55. The SMILES string of the molecule is COc1ccc(S(=O)(=O)N2CCc3ccccc32)cc1C(=O)OCC(=O)NC1CCC(C)CC1. The van der Waals surface area contributed by atoms with E-state index < -0.39 is 22.6 Å². The van der Waals surface area contributed by atoms with Crippen molar-refractivity contribution in [3.63, 3.8) is 0 Å². The van der Waals surface area contributed by atoms with Crippen molar-refractivity contribution in [2.75, 3.05) is 24.6 Å². The number of sulfonamides is 1. The number of fused-ring (bicyclic) bond motifs is 1. The van der Waals surface area contributed by atoms with E-state index in [0.29, 0.717) is 24.6 Å². The molecule has 2 aromatic carbocycles. The Morgan fingerprint density at radius 1 is 1.09 bits per heavy atom. The third-order valence-electron chi connectivity index (χ3n) is 6.54. The fourth-order valence-electron chi connectivity index (χ4n) is 4.57. The highest BCUT2D eigenvalue weighted by Gasteiger charge is 2.32. The molecule has 4 rings (SSSR count). The van der Waals surface area contributed by atoms with E-state index in [-0.39, 0.29) is 28.2 Å². The molecule has 1 aliphatic heterocycles. The Balaban J connectivity index is 1.47. The van der Waals surface area contributed by atoms with E-state index in [1.54, 1.807) is 12.1 Å². The van der Waals surface area contributed by atoms with Crippen molar-refractivity contribution in [3.05, 3.63) is 53.6 Å². The minimum absolute atomic E-state index is 0.0438. The first-order chi connectivity index (χ1) is 16.3. The van der Waals surface area contributed by atoms with Gasteiger partial charge in [-0.3, -0.25) is 9.10 Å². The van der Waals surface area contributed by atoms with Crippen LogP contribution in [0.25, 0.3) is 0 Å². The zero-order chi connectivity index (χ0) is 24.3. The average Bonchev–Trinajstić information content (AvgIpc) is 3.28. The molecular formula is C25H30N2O6S. The standard InChI is InChI=1S/C25H30N2O6S/c1-17-7-9-19(10-8-17)26-24(28)16-33-25(29)21-15-20(11-12-23(21)32-2)34(30,31)27-14-13-18-5-3-4-6-22(18)27/h3-6,11-12,15,17,19H,7-10,13-14,16H2,1-2H3,(H,26,28). The Morgan fingerprint density at radius 2 is 1.82 bits per heavy atom. The van der Waals surface area contributed by atoms with Gasteiger partial charge in [-0.25, -0.2) is 13.2 Å². The molecule has 1 N–H and O–H groups in total. The summed E-state index contributed by atoms with van der Waals surface area (Å²) in [5, 5.41) is 2.91. The molecule has 1 heterocycles. The number of rotatable bonds is 7. The van der Waals surface area contributed by atoms with Crippen molar-refractivity contribution in [1.29, 1.82) is 0 Å². The average molecular weight is 487 g/mol. The molecule has 2 aliphatic rings. The van der Waals surface area contributed by atoms with Gasteiger partial charge < -0.3 is 14.8 Å². The molecule has 1 fully saturated rings. The fraction of sp³-hybridized carbons (Fsp3) is 0.440. The number of nitrogens with zero attached hydrogens (tertiary/aromatic N) is 1. The molecule has 0 bridgehead atoms. The van der Waals surface area contributed by atoms with Crippen molar-refractivity contribution in [3.8, 4) is 5.75 Å². The number of carbonyl (C=O) groups excluding carboxylic acids is 2. The van der Waals surface area contributed by atoms with E-state index in [4.69, 9.17) is 9.47 Å². The molecule has 8 nitrogen and oxygen atoms in total. The van der Waals surface area contributed by atoms with Gasteiger partial charge >= 0.3 is 5.97 Å². The predicted octanol–water partition coefficient (Wildman–Crippen LogP) is 3.30. The summed E-state index contributed by atoms with van der Waals surface area (Å²) in [5.74, 6) is -0.351. The number of carbonyl (C=O) groups is 2. The molecule has 9 heteroatoms. The summed E-state index contributed by atoms with van der Waals surface area (Å²) < 4.78 is 38.5. The number of ether oxygens (including phenoxy) is 2. The molecule has 1 aliphatic carbocycles. The minimum Gasteiger partial charge on any atom is -0.496 e. The molecular weight excluding hydrogens is 456 g/mol. The zero-order valence-corrected chi connectivity index (χ0v) is 20.3. The van der Waals surface area contributed by atoms with E-state index in [0.717, 1.165) is 31.2 Å². The summed E-state index contributed by atoms with van der Waals surface area (Å²) >= 11 is 0. The highest BCUT2D eigenvalue weighted by atomic mass is 32.2. The van der Waals surface area contributed by atoms with E-state index in [9.17, 15) is 18.0 Å². The molecule has 0 radical (unpaired) electrons. The van der Waals surface area contributed by atoms with Crippen LogP contribution in [0, 0.1) is 5.92 Å². The van der Waals surface area contributed by atoms with Crippen molar-refractivity contribution in [2.45, 2.75) is 50.0 Å². The molecule has 182 valence electrons. The number of hydrogen-bond acceptors (Lipinski definition) is 6. The van der Waals surface area contributed by atoms with Crippen molar-refractivity contribution in [2.24, 2.45) is 5.92 Å².